The van der Waals surface area contributed by atoms with E-state index in [2.05, 4.69) is 17.2 Å². The molecule has 2 aromatic rings. The van der Waals surface area contributed by atoms with E-state index in [9.17, 15) is 4.39 Å². The largest absolute Gasteiger partial charge is 0.309 e. The van der Waals surface area contributed by atoms with Crippen LogP contribution in [0.5, 0.6) is 0 Å². The van der Waals surface area contributed by atoms with Gasteiger partial charge in [-0.2, -0.15) is 0 Å². The third-order valence-corrected chi connectivity index (χ3v) is 2.88. The standard InChI is InChI=1S/C15H17FN2/c1-12(15-7-2-3-9-18-15)17-10-8-13-5-4-6-14(16)11-13/h2-7,9,11-12,17H,8,10H2,1H3. The first-order valence-electron chi connectivity index (χ1n) is 6.14. The van der Waals surface area contributed by atoms with E-state index in [1.165, 1.54) is 6.07 Å². The van der Waals surface area contributed by atoms with Crippen molar-refractivity contribution in [2.45, 2.75) is 19.4 Å². The van der Waals surface area contributed by atoms with Gasteiger partial charge in [-0.3, -0.25) is 4.98 Å². The average molecular weight is 244 g/mol. The summed E-state index contributed by atoms with van der Waals surface area (Å²) in [5, 5.41) is 3.38. The van der Waals surface area contributed by atoms with Crippen molar-refractivity contribution >= 4 is 0 Å². The third-order valence-electron chi connectivity index (χ3n) is 2.88. The molecule has 1 unspecified atom stereocenters. The Bertz CT molecular complexity index is 485. The number of hydrogen-bond donors (Lipinski definition) is 1. The minimum absolute atomic E-state index is 0.176. The molecule has 0 fully saturated rings. The SMILES string of the molecule is CC(NCCc1cccc(F)c1)c1ccccn1. The van der Waals surface area contributed by atoms with Gasteiger partial charge >= 0.3 is 0 Å². The lowest BCUT2D eigenvalue weighted by atomic mass is 10.1. The zero-order chi connectivity index (χ0) is 12.8. The number of halogens is 1. The van der Waals surface area contributed by atoms with Gasteiger partial charge in [0.2, 0.25) is 0 Å². The molecule has 94 valence electrons. The molecule has 1 N–H and O–H groups in total. The summed E-state index contributed by atoms with van der Waals surface area (Å²) in [6.45, 7) is 2.88. The molecule has 0 aliphatic carbocycles. The van der Waals surface area contributed by atoms with Crippen LogP contribution in [0.3, 0.4) is 0 Å². The summed E-state index contributed by atoms with van der Waals surface area (Å²) in [7, 11) is 0. The maximum absolute atomic E-state index is 13.0. The van der Waals surface area contributed by atoms with Crippen molar-refractivity contribution < 1.29 is 4.39 Å². The van der Waals surface area contributed by atoms with Crippen LogP contribution in [0.25, 0.3) is 0 Å². The topological polar surface area (TPSA) is 24.9 Å². The highest BCUT2D eigenvalue weighted by Crippen LogP contribution is 2.08. The monoisotopic (exact) mass is 244 g/mol. The van der Waals surface area contributed by atoms with Crippen molar-refractivity contribution in [1.82, 2.24) is 10.3 Å². The predicted octanol–water partition coefficient (Wildman–Crippen LogP) is 3.11. The fourth-order valence-corrected chi connectivity index (χ4v) is 1.86. The average Bonchev–Trinajstić information content (AvgIpc) is 2.40. The zero-order valence-corrected chi connectivity index (χ0v) is 10.4. The van der Waals surface area contributed by atoms with E-state index >= 15 is 0 Å². The van der Waals surface area contributed by atoms with E-state index < -0.39 is 0 Å². The van der Waals surface area contributed by atoms with E-state index in [0.717, 1.165) is 24.2 Å². The smallest absolute Gasteiger partial charge is 0.123 e. The Hall–Kier alpha value is -1.74. The van der Waals surface area contributed by atoms with Gasteiger partial charge in [0.1, 0.15) is 5.82 Å². The molecule has 0 aliphatic heterocycles. The van der Waals surface area contributed by atoms with Crippen LogP contribution in [0.1, 0.15) is 24.2 Å². The first-order chi connectivity index (χ1) is 8.75. The lowest BCUT2D eigenvalue weighted by molar-refractivity contribution is 0.562. The van der Waals surface area contributed by atoms with Gasteiger partial charge < -0.3 is 5.32 Å². The van der Waals surface area contributed by atoms with Gasteiger partial charge in [0.15, 0.2) is 0 Å². The van der Waals surface area contributed by atoms with Crippen LogP contribution in [-0.4, -0.2) is 11.5 Å². The van der Waals surface area contributed by atoms with Gasteiger partial charge in [0.05, 0.1) is 5.69 Å². The van der Waals surface area contributed by atoms with Crippen LogP contribution in [0.2, 0.25) is 0 Å². The van der Waals surface area contributed by atoms with Crippen molar-refractivity contribution in [2.24, 2.45) is 0 Å². The second-order valence-electron chi connectivity index (χ2n) is 4.31. The third kappa shape index (κ3) is 3.64. The maximum Gasteiger partial charge on any atom is 0.123 e. The minimum Gasteiger partial charge on any atom is -0.309 e. The summed E-state index contributed by atoms with van der Waals surface area (Å²) < 4.78 is 13.0. The summed E-state index contributed by atoms with van der Waals surface area (Å²) in [6, 6.07) is 12.8. The van der Waals surface area contributed by atoms with Crippen molar-refractivity contribution in [1.29, 1.82) is 0 Å². The molecule has 1 heterocycles. The highest BCUT2D eigenvalue weighted by atomic mass is 19.1. The quantitative estimate of drug-likeness (QED) is 0.874. The fourth-order valence-electron chi connectivity index (χ4n) is 1.86. The maximum atomic E-state index is 13.0. The van der Waals surface area contributed by atoms with Crippen LogP contribution >= 0.6 is 0 Å². The van der Waals surface area contributed by atoms with Gasteiger partial charge in [-0.1, -0.05) is 18.2 Å². The summed E-state index contributed by atoms with van der Waals surface area (Å²) >= 11 is 0. The molecule has 0 amide bonds. The lowest BCUT2D eigenvalue weighted by Gasteiger charge is -2.13. The molecule has 0 radical (unpaired) electrons. The van der Waals surface area contributed by atoms with Gasteiger partial charge in [0, 0.05) is 12.2 Å². The number of nitrogens with one attached hydrogen (secondary N) is 1. The molecule has 0 saturated heterocycles. The molecule has 1 aromatic heterocycles. The van der Waals surface area contributed by atoms with E-state index in [1.54, 1.807) is 18.3 Å². The fraction of sp³-hybridized carbons (Fsp3) is 0.267. The molecule has 2 nitrogen and oxygen atoms in total. The van der Waals surface area contributed by atoms with Crippen molar-refractivity contribution in [2.75, 3.05) is 6.54 Å². The Morgan fingerprint density at radius 2 is 2.11 bits per heavy atom. The summed E-state index contributed by atoms with van der Waals surface area (Å²) in [6.07, 6.45) is 2.61. The van der Waals surface area contributed by atoms with Crippen molar-refractivity contribution in [3.05, 3.63) is 65.7 Å². The molecule has 0 aliphatic rings. The Kier molecular flexibility index (Phi) is 4.42. The first-order valence-corrected chi connectivity index (χ1v) is 6.14. The van der Waals surface area contributed by atoms with Gasteiger partial charge in [-0.25, -0.2) is 4.39 Å². The Morgan fingerprint density at radius 1 is 1.22 bits per heavy atom. The van der Waals surface area contributed by atoms with Crippen molar-refractivity contribution in [3.63, 3.8) is 0 Å². The predicted molar refractivity (Wildman–Crippen MR) is 70.8 cm³/mol. The number of rotatable bonds is 5. The number of nitrogens with zero attached hydrogens (tertiary/aromatic N) is 1. The van der Waals surface area contributed by atoms with Crippen LogP contribution in [0.15, 0.2) is 48.7 Å². The zero-order valence-electron chi connectivity index (χ0n) is 10.4. The van der Waals surface area contributed by atoms with Crippen LogP contribution in [0.4, 0.5) is 4.39 Å². The van der Waals surface area contributed by atoms with E-state index in [1.807, 2.05) is 24.3 Å². The van der Waals surface area contributed by atoms with E-state index in [-0.39, 0.29) is 11.9 Å². The van der Waals surface area contributed by atoms with Crippen LogP contribution < -0.4 is 5.32 Å². The number of hydrogen-bond acceptors (Lipinski definition) is 2. The molecular weight excluding hydrogens is 227 g/mol. The minimum atomic E-state index is -0.176. The second-order valence-corrected chi connectivity index (χ2v) is 4.31. The number of pyridine rings is 1. The molecule has 18 heavy (non-hydrogen) atoms. The lowest BCUT2D eigenvalue weighted by Crippen LogP contribution is -2.22. The van der Waals surface area contributed by atoms with E-state index in [0.29, 0.717) is 0 Å². The van der Waals surface area contributed by atoms with Crippen LogP contribution in [-0.2, 0) is 6.42 Å². The van der Waals surface area contributed by atoms with Crippen molar-refractivity contribution in [3.8, 4) is 0 Å². The first kappa shape index (κ1) is 12.7. The Labute approximate surface area is 107 Å². The summed E-state index contributed by atoms with van der Waals surface area (Å²) in [5.41, 5.74) is 2.03. The second kappa shape index (κ2) is 6.26. The molecular formula is C15H17FN2. The molecule has 0 bridgehead atoms. The molecule has 1 atom stereocenters. The van der Waals surface area contributed by atoms with Gasteiger partial charge in [-0.15, -0.1) is 0 Å². The highest BCUT2D eigenvalue weighted by molar-refractivity contribution is 5.16. The molecule has 0 spiro atoms. The molecule has 2 rings (SSSR count). The Balaban J connectivity index is 1.82. The van der Waals surface area contributed by atoms with Gasteiger partial charge in [0.25, 0.3) is 0 Å². The molecule has 3 heteroatoms. The number of benzene rings is 1. The molecule has 1 aromatic carbocycles. The number of aromatic nitrogens is 1. The Morgan fingerprint density at radius 3 is 2.83 bits per heavy atom. The summed E-state index contributed by atoms with van der Waals surface area (Å²) in [4.78, 5) is 4.30. The summed E-state index contributed by atoms with van der Waals surface area (Å²) in [5.74, 6) is -0.176. The van der Waals surface area contributed by atoms with Crippen LogP contribution in [0, 0.1) is 5.82 Å². The normalized spacial score (nSPS) is 12.3. The highest BCUT2D eigenvalue weighted by Gasteiger charge is 2.04. The molecule has 0 saturated carbocycles. The van der Waals surface area contributed by atoms with E-state index in [4.69, 9.17) is 0 Å². The van der Waals surface area contributed by atoms with Gasteiger partial charge in [-0.05, 0) is 49.7 Å².